The smallest absolute Gasteiger partial charge is 0.273 e. The number of carbonyl (C=O) groups excluding carboxylic acids is 1. The van der Waals surface area contributed by atoms with Crippen LogP contribution in [0.5, 0.6) is 0 Å². The largest absolute Gasteiger partial charge is 0.398 e. The summed E-state index contributed by atoms with van der Waals surface area (Å²) in [6.07, 6.45) is 0.908. The van der Waals surface area contributed by atoms with Gasteiger partial charge in [0.2, 0.25) is 0 Å². The lowest BCUT2D eigenvalue weighted by Crippen LogP contribution is -2.29. The van der Waals surface area contributed by atoms with Gasteiger partial charge < -0.3 is 15.0 Å². The average molecular weight is 401 g/mol. The number of likely N-dealkylation sites (N-methyl/N-ethyl adjacent to an activating group) is 1. The number of fused-ring (bicyclic) bond motifs is 1. The molecule has 0 fully saturated rings. The van der Waals surface area contributed by atoms with Crippen LogP contribution in [-0.2, 0) is 27.5 Å². The summed E-state index contributed by atoms with van der Waals surface area (Å²) in [5.41, 5.74) is 3.61. The van der Waals surface area contributed by atoms with Crippen molar-refractivity contribution in [1.29, 1.82) is 0 Å². The highest BCUT2D eigenvalue weighted by molar-refractivity contribution is 6.45. The summed E-state index contributed by atoms with van der Waals surface area (Å²) in [4.78, 5) is 22.5. The van der Waals surface area contributed by atoms with Crippen molar-refractivity contribution in [2.45, 2.75) is 26.4 Å². The van der Waals surface area contributed by atoms with E-state index in [0.29, 0.717) is 40.8 Å². The Morgan fingerprint density at radius 1 is 1.24 bits per heavy atom. The Bertz CT molecular complexity index is 1000. The molecule has 0 radical (unpaired) electrons. The summed E-state index contributed by atoms with van der Waals surface area (Å²) in [7, 11) is 2.86. The second kappa shape index (κ2) is 8.81. The monoisotopic (exact) mass is 401 g/mol. The fourth-order valence-electron chi connectivity index (χ4n) is 3.30. The zero-order valence-corrected chi connectivity index (χ0v) is 16.4. The Kier molecular flexibility index (Phi) is 6.21. The van der Waals surface area contributed by atoms with Gasteiger partial charge in [-0.3, -0.25) is 4.79 Å². The third kappa shape index (κ3) is 4.26. The van der Waals surface area contributed by atoms with Gasteiger partial charge >= 0.3 is 0 Å². The lowest BCUT2D eigenvalue weighted by Gasteiger charge is -2.13. The molecule has 29 heavy (non-hydrogen) atoms. The van der Waals surface area contributed by atoms with Crippen molar-refractivity contribution < 1.29 is 23.3 Å². The van der Waals surface area contributed by atoms with E-state index in [9.17, 15) is 13.6 Å². The van der Waals surface area contributed by atoms with Gasteiger partial charge in [-0.1, -0.05) is 28.5 Å². The van der Waals surface area contributed by atoms with Crippen LogP contribution in [-0.4, -0.2) is 31.5 Å². The number of nitrogens with zero attached hydrogens (tertiary/aromatic N) is 2. The molecule has 2 aromatic carbocycles. The quantitative estimate of drug-likeness (QED) is 0.597. The fourth-order valence-corrected chi connectivity index (χ4v) is 3.30. The lowest BCUT2D eigenvalue weighted by molar-refractivity contribution is -0.114. The zero-order chi connectivity index (χ0) is 21.0. The number of hydrogen-bond donors (Lipinski definition) is 1. The summed E-state index contributed by atoms with van der Waals surface area (Å²) < 4.78 is 27.5. The topological polar surface area (TPSA) is 72.3 Å². The van der Waals surface area contributed by atoms with Gasteiger partial charge in [0.25, 0.3) is 5.91 Å². The van der Waals surface area contributed by atoms with Crippen molar-refractivity contribution in [3.63, 3.8) is 0 Å². The van der Waals surface area contributed by atoms with E-state index in [1.165, 1.54) is 20.2 Å². The molecule has 0 unspecified atom stereocenters. The third-order valence-electron chi connectivity index (χ3n) is 4.76. The first-order chi connectivity index (χ1) is 14.0. The SMILES string of the molecule is CNC(=O)/C(=N/OC)c1cccc(C)c1CO/N=C1\CCc2c(F)cc(F)cc21. The molecule has 2 aromatic rings. The van der Waals surface area contributed by atoms with Gasteiger partial charge in [0.1, 0.15) is 25.4 Å². The molecule has 152 valence electrons. The molecule has 0 atom stereocenters. The molecule has 0 heterocycles. The lowest BCUT2D eigenvalue weighted by atomic mass is 9.98. The van der Waals surface area contributed by atoms with Gasteiger partial charge in [-0.25, -0.2) is 8.78 Å². The molecule has 0 saturated carbocycles. The van der Waals surface area contributed by atoms with Crippen molar-refractivity contribution in [3.8, 4) is 0 Å². The summed E-state index contributed by atoms with van der Waals surface area (Å²) in [6.45, 7) is 1.93. The molecule has 1 amide bonds. The number of aryl methyl sites for hydroxylation is 1. The first-order valence-corrected chi connectivity index (χ1v) is 9.05. The minimum absolute atomic E-state index is 0.0539. The molecule has 1 aliphatic carbocycles. The number of rotatable bonds is 6. The molecule has 0 aliphatic heterocycles. The van der Waals surface area contributed by atoms with Crippen LogP contribution in [0.2, 0.25) is 0 Å². The third-order valence-corrected chi connectivity index (χ3v) is 4.76. The molecule has 0 aromatic heterocycles. The van der Waals surface area contributed by atoms with E-state index >= 15 is 0 Å². The number of benzene rings is 2. The molecule has 3 rings (SSSR count). The molecule has 6 nitrogen and oxygen atoms in total. The van der Waals surface area contributed by atoms with Gasteiger partial charge in [0.05, 0.1) is 5.71 Å². The van der Waals surface area contributed by atoms with Crippen LogP contribution in [0.25, 0.3) is 0 Å². The van der Waals surface area contributed by atoms with Crippen LogP contribution in [0.15, 0.2) is 40.6 Å². The minimum Gasteiger partial charge on any atom is -0.398 e. The Hall–Kier alpha value is -3.29. The number of hydrogen-bond acceptors (Lipinski definition) is 5. The van der Waals surface area contributed by atoms with Crippen LogP contribution in [0.4, 0.5) is 8.78 Å². The zero-order valence-electron chi connectivity index (χ0n) is 16.4. The number of carbonyl (C=O) groups is 1. The van der Waals surface area contributed by atoms with Crippen molar-refractivity contribution in [3.05, 3.63) is 69.8 Å². The number of nitrogens with one attached hydrogen (secondary N) is 1. The molecule has 0 spiro atoms. The second-order valence-electron chi connectivity index (χ2n) is 6.53. The normalized spacial score (nSPS) is 14.7. The van der Waals surface area contributed by atoms with Crippen LogP contribution in [0, 0.1) is 18.6 Å². The number of amides is 1. The summed E-state index contributed by atoms with van der Waals surface area (Å²) in [5, 5.41) is 10.5. The fraction of sp³-hybridized carbons (Fsp3) is 0.286. The van der Waals surface area contributed by atoms with E-state index in [1.54, 1.807) is 12.1 Å². The second-order valence-corrected chi connectivity index (χ2v) is 6.53. The number of halogens is 2. The van der Waals surface area contributed by atoms with Crippen molar-refractivity contribution in [1.82, 2.24) is 5.32 Å². The molecule has 0 saturated heterocycles. The van der Waals surface area contributed by atoms with Gasteiger partial charge in [0, 0.05) is 29.8 Å². The molecular formula is C21H21F2N3O3. The maximum atomic E-state index is 13.9. The molecule has 1 N–H and O–H groups in total. The Morgan fingerprint density at radius 3 is 2.76 bits per heavy atom. The first-order valence-electron chi connectivity index (χ1n) is 9.05. The van der Waals surface area contributed by atoms with Crippen LogP contribution >= 0.6 is 0 Å². The first kappa shape index (κ1) is 20.4. The summed E-state index contributed by atoms with van der Waals surface area (Å²) in [5.74, 6) is -1.62. The van der Waals surface area contributed by atoms with Crippen LogP contribution < -0.4 is 5.32 Å². The van der Waals surface area contributed by atoms with Gasteiger partial charge in [-0.15, -0.1) is 0 Å². The predicted octanol–water partition coefficient (Wildman–Crippen LogP) is 3.24. The maximum absolute atomic E-state index is 13.9. The summed E-state index contributed by atoms with van der Waals surface area (Å²) in [6, 6.07) is 7.55. The number of oxime groups is 2. The minimum atomic E-state index is -0.650. The van der Waals surface area contributed by atoms with Gasteiger partial charge in [-0.05, 0) is 37.0 Å². The van der Waals surface area contributed by atoms with E-state index in [-0.39, 0.29) is 12.3 Å². The summed E-state index contributed by atoms with van der Waals surface area (Å²) >= 11 is 0. The Labute approximate surface area is 167 Å². The highest BCUT2D eigenvalue weighted by Crippen LogP contribution is 2.27. The standard InChI is InChI=1S/C21H21F2N3O3/c1-12-5-4-6-15(20(26-28-3)21(27)24-2)17(12)11-29-25-19-8-7-14-16(19)9-13(22)10-18(14)23/h4-6,9-10H,7-8,11H2,1-3H3,(H,24,27)/b25-19+,26-20+. The van der Waals surface area contributed by atoms with Crippen molar-refractivity contribution in [2.24, 2.45) is 10.3 Å². The van der Waals surface area contributed by atoms with E-state index in [1.807, 2.05) is 13.0 Å². The van der Waals surface area contributed by atoms with E-state index in [4.69, 9.17) is 9.68 Å². The highest BCUT2D eigenvalue weighted by Gasteiger charge is 2.23. The van der Waals surface area contributed by atoms with E-state index < -0.39 is 17.5 Å². The van der Waals surface area contributed by atoms with Gasteiger partial charge in [0.15, 0.2) is 5.71 Å². The maximum Gasteiger partial charge on any atom is 0.273 e. The van der Waals surface area contributed by atoms with Crippen LogP contribution in [0.1, 0.15) is 34.2 Å². The van der Waals surface area contributed by atoms with Crippen molar-refractivity contribution >= 4 is 17.3 Å². The molecule has 1 aliphatic rings. The Morgan fingerprint density at radius 2 is 2.03 bits per heavy atom. The molecule has 8 heteroatoms. The van der Waals surface area contributed by atoms with E-state index in [0.717, 1.165) is 11.6 Å². The molecule has 0 bridgehead atoms. The van der Waals surface area contributed by atoms with E-state index in [2.05, 4.69) is 15.6 Å². The predicted molar refractivity (Wildman–Crippen MR) is 105 cm³/mol. The van der Waals surface area contributed by atoms with Crippen molar-refractivity contribution in [2.75, 3.05) is 14.2 Å². The molecular weight excluding hydrogens is 380 g/mol. The Balaban J connectivity index is 1.87. The highest BCUT2D eigenvalue weighted by atomic mass is 19.1. The van der Waals surface area contributed by atoms with Gasteiger partial charge in [-0.2, -0.15) is 0 Å². The van der Waals surface area contributed by atoms with Crippen LogP contribution in [0.3, 0.4) is 0 Å². The average Bonchev–Trinajstić information content (AvgIpc) is 3.10.